The SMILES string of the molecule is COC(=O)c1c(C)nc2ccc(Br)cc2c1-c1ccccc1.Cl. The Kier molecular flexibility index (Phi) is 5.39. The zero-order valence-corrected chi connectivity index (χ0v) is 15.1. The molecule has 1 heterocycles. The van der Waals surface area contributed by atoms with Gasteiger partial charge in [-0.15, -0.1) is 12.4 Å². The van der Waals surface area contributed by atoms with Crippen molar-refractivity contribution in [3.8, 4) is 11.1 Å². The van der Waals surface area contributed by atoms with Crippen molar-refractivity contribution in [3.05, 3.63) is 64.3 Å². The summed E-state index contributed by atoms with van der Waals surface area (Å²) in [6.45, 7) is 1.83. The van der Waals surface area contributed by atoms with E-state index in [0.29, 0.717) is 11.3 Å². The Labute approximate surface area is 149 Å². The number of fused-ring (bicyclic) bond motifs is 1. The summed E-state index contributed by atoms with van der Waals surface area (Å²) in [4.78, 5) is 16.8. The highest BCUT2D eigenvalue weighted by Crippen LogP contribution is 2.34. The van der Waals surface area contributed by atoms with Crippen LogP contribution in [0.4, 0.5) is 0 Å². The fraction of sp³-hybridized carbons (Fsp3) is 0.111. The molecule has 0 fully saturated rings. The summed E-state index contributed by atoms with van der Waals surface area (Å²) < 4.78 is 5.91. The molecular formula is C18H15BrClNO2. The maximum absolute atomic E-state index is 12.3. The van der Waals surface area contributed by atoms with Crippen molar-refractivity contribution in [3.63, 3.8) is 0 Å². The Morgan fingerprint density at radius 2 is 1.83 bits per heavy atom. The first kappa shape index (κ1) is 17.4. The highest BCUT2D eigenvalue weighted by atomic mass is 79.9. The third-order valence-electron chi connectivity index (χ3n) is 3.58. The van der Waals surface area contributed by atoms with Gasteiger partial charge in [-0.25, -0.2) is 4.79 Å². The smallest absolute Gasteiger partial charge is 0.340 e. The molecule has 2 aromatic carbocycles. The summed E-state index contributed by atoms with van der Waals surface area (Å²) in [5.74, 6) is -0.370. The van der Waals surface area contributed by atoms with Crippen molar-refractivity contribution in [2.75, 3.05) is 7.11 Å². The number of hydrogen-bond donors (Lipinski definition) is 0. The Hall–Kier alpha value is -1.91. The van der Waals surface area contributed by atoms with E-state index in [1.807, 2.05) is 55.5 Å². The molecule has 0 aliphatic rings. The number of esters is 1. The number of methoxy groups -OCH3 is 1. The van der Waals surface area contributed by atoms with Gasteiger partial charge in [-0.1, -0.05) is 46.3 Å². The molecule has 3 aromatic rings. The van der Waals surface area contributed by atoms with E-state index >= 15 is 0 Å². The highest BCUT2D eigenvalue weighted by molar-refractivity contribution is 9.10. The summed E-state index contributed by atoms with van der Waals surface area (Å²) in [6, 6.07) is 15.7. The molecule has 0 aliphatic heterocycles. The summed E-state index contributed by atoms with van der Waals surface area (Å²) >= 11 is 3.49. The van der Waals surface area contributed by atoms with Gasteiger partial charge < -0.3 is 4.74 Å². The van der Waals surface area contributed by atoms with Crippen molar-refractivity contribution in [2.45, 2.75) is 6.92 Å². The molecule has 0 aliphatic carbocycles. The van der Waals surface area contributed by atoms with Crippen molar-refractivity contribution >= 4 is 45.2 Å². The van der Waals surface area contributed by atoms with Gasteiger partial charge in [-0.3, -0.25) is 4.98 Å². The quantitative estimate of drug-likeness (QED) is 0.564. The second kappa shape index (κ2) is 7.11. The monoisotopic (exact) mass is 391 g/mol. The van der Waals surface area contributed by atoms with Crippen LogP contribution in [-0.4, -0.2) is 18.1 Å². The van der Waals surface area contributed by atoms with E-state index in [1.54, 1.807) is 0 Å². The Morgan fingerprint density at radius 3 is 2.48 bits per heavy atom. The Bertz CT molecular complexity index is 866. The van der Waals surface area contributed by atoms with Crippen molar-refractivity contribution in [1.29, 1.82) is 0 Å². The molecule has 118 valence electrons. The first-order valence-electron chi connectivity index (χ1n) is 6.85. The maximum Gasteiger partial charge on any atom is 0.340 e. The molecular weight excluding hydrogens is 378 g/mol. The van der Waals surface area contributed by atoms with Crippen LogP contribution < -0.4 is 0 Å². The van der Waals surface area contributed by atoms with E-state index < -0.39 is 0 Å². The molecule has 0 atom stereocenters. The fourth-order valence-electron chi connectivity index (χ4n) is 2.61. The first-order valence-corrected chi connectivity index (χ1v) is 7.64. The van der Waals surface area contributed by atoms with E-state index in [1.165, 1.54) is 7.11 Å². The van der Waals surface area contributed by atoms with Gasteiger partial charge in [0.1, 0.15) is 0 Å². The number of aryl methyl sites for hydroxylation is 1. The summed E-state index contributed by atoms with van der Waals surface area (Å²) in [5.41, 5.74) is 3.86. The lowest BCUT2D eigenvalue weighted by molar-refractivity contribution is 0.0600. The van der Waals surface area contributed by atoms with Crippen molar-refractivity contribution in [1.82, 2.24) is 4.98 Å². The maximum atomic E-state index is 12.3. The molecule has 3 nitrogen and oxygen atoms in total. The van der Waals surface area contributed by atoms with Crippen LogP contribution in [0, 0.1) is 6.92 Å². The largest absolute Gasteiger partial charge is 0.465 e. The van der Waals surface area contributed by atoms with Crippen LogP contribution >= 0.6 is 28.3 Å². The van der Waals surface area contributed by atoms with Crippen LogP contribution in [0.25, 0.3) is 22.0 Å². The minimum Gasteiger partial charge on any atom is -0.465 e. The number of halogens is 2. The summed E-state index contributed by atoms with van der Waals surface area (Å²) in [7, 11) is 1.39. The van der Waals surface area contributed by atoms with Gasteiger partial charge in [0.25, 0.3) is 0 Å². The summed E-state index contributed by atoms with van der Waals surface area (Å²) in [6.07, 6.45) is 0. The van der Waals surface area contributed by atoms with Crippen LogP contribution in [-0.2, 0) is 4.74 Å². The molecule has 1 aromatic heterocycles. The second-order valence-corrected chi connectivity index (χ2v) is 5.88. The number of nitrogens with zero attached hydrogens (tertiary/aromatic N) is 1. The first-order chi connectivity index (χ1) is 10.6. The van der Waals surface area contributed by atoms with Crippen LogP contribution in [0.1, 0.15) is 16.1 Å². The zero-order valence-electron chi connectivity index (χ0n) is 12.7. The van der Waals surface area contributed by atoms with Crippen molar-refractivity contribution in [2.24, 2.45) is 0 Å². The Balaban J connectivity index is 0.00000192. The normalized spacial score (nSPS) is 10.2. The average Bonchev–Trinajstić information content (AvgIpc) is 2.54. The predicted molar refractivity (Wildman–Crippen MR) is 98.2 cm³/mol. The molecule has 0 saturated heterocycles. The van der Waals surface area contributed by atoms with Gasteiger partial charge in [0.05, 0.1) is 23.9 Å². The van der Waals surface area contributed by atoms with Gasteiger partial charge in [0.2, 0.25) is 0 Å². The topological polar surface area (TPSA) is 39.2 Å². The number of aromatic nitrogens is 1. The lowest BCUT2D eigenvalue weighted by Gasteiger charge is -2.14. The number of ether oxygens (including phenoxy) is 1. The molecule has 5 heteroatoms. The number of hydrogen-bond acceptors (Lipinski definition) is 3. The lowest BCUT2D eigenvalue weighted by atomic mass is 9.94. The molecule has 3 rings (SSSR count). The van der Waals surface area contributed by atoms with E-state index in [-0.39, 0.29) is 18.4 Å². The molecule has 0 saturated carbocycles. The molecule has 0 N–H and O–H groups in total. The zero-order chi connectivity index (χ0) is 15.7. The minimum absolute atomic E-state index is 0. The van der Waals surface area contributed by atoms with Gasteiger partial charge in [-0.05, 0) is 30.7 Å². The van der Waals surface area contributed by atoms with Gasteiger partial charge in [0.15, 0.2) is 0 Å². The van der Waals surface area contributed by atoms with Crippen LogP contribution in [0.15, 0.2) is 53.0 Å². The van der Waals surface area contributed by atoms with Crippen molar-refractivity contribution < 1.29 is 9.53 Å². The third kappa shape index (κ3) is 3.23. The molecule has 0 radical (unpaired) electrons. The summed E-state index contributed by atoms with van der Waals surface area (Å²) in [5, 5.41) is 0.923. The molecule has 23 heavy (non-hydrogen) atoms. The van der Waals surface area contributed by atoms with E-state index in [9.17, 15) is 4.79 Å². The fourth-order valence-corrected chi connectivity index (χ4v) is 2.98. The highest BCUT2D eigenvalue weighted by Gasteiger charge is 2.20. The van der Waals surface area contributed by atoms with Gasteiger partial charge >= 0.3 is 5.97 Å². The number of carbonyl (C=O) groups excluding carboxylic acids is 1. The molecule has 0 unspecified atom stereocenters. The van der Waals surface area contributed by atoms with Crippen LogP contribution in [0.2, 0.25) is 0 Å². The second-order valence-electron chi connectivity index (χ2n) is 4.97. The lowest BCUT2D eigenvalue weighted by Crippen LogP contribution is -2.08. The minimum atomic E-state index is -0.370. The van der Waals surface area contributed by atoms with E-state index in [4.69, 9.17) is 4.74 Å². The van der Waals surface area contributed by atoms with Crippen LogP contribution in [0.3, 0.4) is 0 Å². The average molecular weight is 393 g/mol. The number of rotatable bonds is 2. The molecule has 0 bridgehead atoms. The van der Waals surface area contributed by atoms with Crippen LogP contribution in [0.5, 0.6) is 0 Å². The van der Waals surface area contributed by atoms with E-state index in [2.05, 4.69) is 20.9 Å². The van der Waals surface area contributed by atoms with E-state index in [0.717, 1.165) is 26.5 Å². The standard InChI is InChI=1S/C18H14BrNO2.ClH/c1-11-16(18(21)22-2)17(12-6-4-3-5-7-12)14-10-13(19)8-9-15(14)20-11;/h3-10H,1-2H3;1H. The predicted octanol–water partition coefficient (Wildman–Crippen LogP) is 5.18. The molecule has 0 spiro atoms. The van der Waals surface area contributed by atoms with Gasteiger partial charge in [-0.2, -0.15) is 0 Å². The molecule has 0 amide bonds. The number of carbonyl (C=O) groups is 1. The van der Waals surface area contributed by atoms with Gasteiger partial charge in [0, 0.05) is 15.4 Å². The Morgan fingerprint density at radius 1 is 1.13 bits per heavy atom. The number of benzene rings is 2. The number of pyridine rings is 1. The third-order valence-corrected chi connectivity index (χ3v) is 4.07.